The third-order valence-electron chi connectivity index (χ3n) is 5.11. The van der Waals surface area contributed by atoms with E-state index in [1.807, 2.05) is 18.9 Å². The molecule has 0 aliphatic carbocycles. The Kier molecular flexibility index (Phi) is 8.44. The molecule has 1 N–H and O–H groups in total. The summed E-state index contributed by atoms with van der Waals surface area (Å²) >= 11 is 0. The van der Waals surface area contributed by atoms with Gasteiger partial charge < -0.3 is 14.7 Å². The van der Waals surface area contributed by atoms with Crippen LogP contribution >= 0.6 is 0 Å². The van der Waals surface area contributed by atoms with Crippen molar-refractivity contribution >= 4 is 17.7 Å². The number of carbonyl (C=O) groups is 3. The van der Waals surface area contributed by atoms with Crippen LogP contribution in [0.15, 0.2) is 24.3 Å². The van der Waals surface area contributed by atoms with Crippen molar-refractivity contribution < 1.29 is 24.2 Å². The number of Topliss-reactive ketones (excluding diaryl/α,β-unsaturated/α-hetero) is 1. The van der Waals surface area contributed by atoms with Crippen LogP contribution < -0.4 is 4.74 Å². The van der Waals surface area contributed by atoms with Crippen LogP contribution in [0.1, 0.15) is 49.4 Å². The van der Waals surface area contributed by atoms with Crippen LogP contribution in [-0.4, -0.2) is 71.9 Å². The van der Waals surface area contributed by atoms with E-state index in [1.165, 1.54) is 0 Å². The van der Waals surface area contributed by atoms with Crippen LogP contribution in [-0.2, 0) is 9.59 Å². The summed E-state index contributed by atoms with van der Waals surface area (Å²) in [7, 11) is 1.81. The summed E-state index contributed by atoms with van der Waals surface area (Å²) in [5.41, 5.74) is 0.586. The van der Waals surface area contributed by atoms with Gasteiger partial charge in [0.1, 0.15) is 5.75 Å². The average molecular weight is 390 g/mol. The number of likely N-dealkylation sites (tertiary alicyclic amines) is 1. The van der Waals surface area contributed by atoms with Crippen molar-refractivity contribution in [3.05, 3.63) is 29.8 Å². The number of carbonyl (C=O) groups excluding carboxylic acids is 2. The van der Waals surface area contributed by atoms with Gasteiger partial charge in [0, 0.05) is 37.5 Å². The van der Waals surface area contributed by atoms with Gasteiger partial charge in [0.15, 0.2) is 5.78 Å². The molecule has 1 saturated heterocycles. The molecule has 154 valence electrons. The number of ketones is 1. The summed E-state index contributed by atoms with van der Waals surface area (Å²) in [6.07, 6.45) is 2.85. The third kappa shape index (κ3) is 6.64. The molecule has 1 aromatic rings. The molecule has 1 unspecified atom stereocenters. The highest BCUT2D eigenvalue weighted by Gasteiger charge is 2.24. The van der Waals surface area contributed by atoms with Crippen molar-refractivity contribution in [3.8, 4) is 5.75 Å². The average Bonchev–Trinajstić information content (AvgIpc) is 2.92. The quantitative estimate of drug-likeness (QED) is 0.652. The van der Waals surface area contributed by atoms with Gasteiger partial charge >= 0.3 is 5.97 Å². The fraction of sp³-hybridized carbons (Fsp3) is 0.571. The van der Waals surface area contributed by atoms with E-state index in [9.17, 15) is 14.4 Å². The molecule has 7 nitrogen and oxygen atoms in total. The zero-order chi connectivity index (χ0) is 20.5. The smallest absolute Gasteiger partial charge is 0.317 e. The van der Waals surface area contributed by atoms with E-state index in [4.69, 9.17) is 9.84 Å². The Bertz CT molecular complexity index is 674. The summed E-state index contributed by atoms with van der Waals surface area (Å²) in [5, 5.41) is 8.94. The van der Waals surface area contributed by atoms with Gasteiger partial charge in [-0.1, -0.05) is 0 Å². The molecule has 1 atom stereocenters. The SMILES string of the molecule is CCOc1ccc(C(=O)CCC(=O)N2CCCC(N(C)CC(=O)O)CC2)cc1. The summed E-state index contributed by atoms with van der Waals surface area (Å²) in [6.45, 7) is 3.75. The van der Waals surface area contributed by atoms with E-state index < -0.39 is 5.97 Å². The van der Waals surface area contributed by atoms with Crippen molar-refractivity contribution in [3.63, 3.8) is 0 Å². The number of benzene rings is 1. The number of aliphatic carboxylic acids is 1. The van der Waals surface area contributed by atoms with Crippen LogP contribution in [0.3, 0.4) is 0 Å². The summed E-state index contributed by atoms with van der Waals surface area (Å²) < 4.78 is 5.37. The van der Waals surface area contributed by atoms with Gasteiger partial charge in [0.25, 0.3) is 0 Å². The maximum atomic E-state index is 12.5. The standard InChI is InChI=1S/C21H30N2O5/c1-3-28-18-8-6-16(7-9-18)19(24)10-11-20(25)23-13-4-5-17(12-14-23)22(2)15-21(26)27/h6-9,17H,3-5,10-15H2,1-2H3,(H,26,27). The van der Waals surface area contributed by atoms with Crippen LogP contribution in [0.25, 0.3) is 0 Å². The number of amides is 1. The highest BCUT2D eigenvalue weighted by molar-refractivity contribution is 5.98. The molecule has 7 heteroatoms. The van der Waals surface area contributed by atoms with E-state index >= 15 is 0 Å². The topological polar surface area (TPSA) is 87.2 Å². The molecule has 0 saturated carbocycles. The highest BCUT2D eigenvalue weighted by atomic mass is 16.5. The predicted octanol–water partition coefficient (Wildman–Crippen LogP) is 2.45. The van der Waals surface area contributed by atoms with Crippen molar-refractivity contribution in [2.45, 2.75) is 45.1 Å². The maximum absolute atomic E-state index is 12.5. The second-order valence-electron chi connectivity index (χ2n) is 7.15. The lowest BCUT2D eigenvalue weighted by atomic mass is 10.1. The predicted molar refractivity (Wildman–Crippen MR) is 106 cm³/mol. The van der Waals surface area contributed by atoms with E-state index in [0.29, 0.717) is 25.3 Å². The molecule has 0 radical (unpaired) electrons. The van der Waals surface area contributed by atoms with E-state index in [-0.39, 0.29) is 37.1 Å². The lowest BCUT2D eigenvalue weighted by Gasteiger charge is -2.25. The number of rotatable bonds is 9. The largest absolute Gasteiger partial charge is 0.494 e. The molecule has 2 rings (SSSR count). The minimum Gasteiger partial charge on any atom is -0.494 e. The fourth-order valence-corrected chi connectivity index (χ4v) is 3.54. The lowest BCUT2D eigenvalue weighted by molar-refractivity contribution is -0.138. The van der Waals surface area contributed by atoms with Crippen LogP contribution in [0.4, 0.5) is 0 Å². The fourth-order valence-electron chi connectivity index (χ4n) is 3.54. The molecule has 1 heterocycles. The Morgan fingerprint density at radius 2 is 1.86 bits per heavy atom. The first-order valence-electron chi connectivity index (χ1n) is 9.86. The first-order chi connectivity index (χ1) is 13.4. The monoisotopic (exact) mass is 390 g/mol. The second kappa shape index (κ2) is 10.8. The third-order valence-corrected chi connectivity index (χ3v) is 5.11. The van der Waals surface area contributed by atoms with Crippen molar-refractivity contribution in [2.75, 3.05) is 33.3 Å². The molecular weight excluding hydrogens is 360 g/mol. The second-order valence-corrected chi connectivity index (χ2v) is 7.15. The molecule has 1 aromatic carbocycles. The van der Waals surface area contributed by atoms with Crippen LogP contribution in [0.2, 0.25) is 0 Å². The molecule has 1 fully saturated rings. The van der Waals surface area contributed by atoms with Crippen LogP contribution in [0, 0.1) is 0 Å². The Hall–Kier alpha value is -2.41. The Labute approximate surface area is 166 Å². The summed E-state index contributed by atoms with van der Waals surface area (Å²) in [5.74, 6) is -0.180. The lowest BCUT2D eigenvalue weighted by Crippen LogP contribution is -2.37. The molecule has 28 heavy (non-hydrogen) atoms. The van der Waals surface area contributed by atoms with Gasteiger partial charge in [-0.3, -0.25) is 19.3 Å². The molecule has 1 aliphatic heterocycles. The van der Waals surface area contributed by atoms with Gasteiger partial charge in [0.2, 0.25) is 5.91 Å². The first-order valence-corrected chi connectivity index (χ1v) is 9.86. The Morgan fingerprint density at radius 3 is 2.50 bits per heavy atom. The zero-order valence-electron chi connectivity index (χ0n) is 16.7. The summed E-state index contributed by atoms with van der Waals surface area (Å²) in [4.78, 5) is 39.4. The van der Waals surface area contributed by atoms with Crippen molar-refractivity contribution in [2.24, 2.45) is 0 Å². The number of nitrogens with zero attached hydrogens (tertiary/aromatic N) is 2. The number of ether oxygens (including phenoxy) is 1. The number of hydrogen-bond donors (Lipinski definition) is 1. The maximum Gasteiger partial charge on any atom is 0.317 e. The number of carboxylic acids is 1. The van der Waals surface area contributed by atoms with Crippen molar-refractivity contribution in [1.29, 1.82) is 0 Å². The highest BCUT2D eigenvalue weighted by Crippen LogP contribution is 2.18. The van der Waals surface area contributed by atoms with Gasteiger partial charge in [-0.15, -0.1) is 0 Å². The minimum atomic E-state index is -0.840. The van der Waals surface area contributed by atoms with Crippen molar-refractivity contribution in [1.82, 2.24) is 9.80 Å². The first kappa shape index (κ1) is 21.9. The van der Waals surface area contributed by atoms with E-state index in [2.05, 4.69) is 0 Å². The normalized spacial score (nSPS) is 17.2. The van der Waals surface area contributed by atoms with Crippen LogP contribution in [0.5, 0.6) is 5.75 Å². The molecule has 0 aromatic heterocycles. The summed E-state index contributed by atoms with van der Waals surface area (Å²) in [6, 6.07) is 7.15. The van der Waals surface area contributed by atoms with Gasteiger partial charge in [-0.2, -0.15) is 0 Å². The molecule has 1 aliphatic rings. The number of likely N-dealkylation sites (N-methyl/N-ethyl adjacent to an activating group) is 1. The number of carboxylic acid groups (broad SMARTS) is 1. The Balaban J connectivity index is 1.80. The molecule has 0 spiro atoms. The number of hydrogen-bond acceptors (Lipinski definition) is 5. The molecule has 1 amide bonds. The van der Waals surface area contributed by atoms with Gasteiger partial charge in [-0.05, 0) is 57.5 Å². The van der Waals surface area contributed by atoms with E-state index in [0.717, 1.165) is 25.0 Å². The van der Waals surface area contributed by atoms with Gasteiger partial charge in [0.05, 0.1) is 13.2 Å². The molecule has 0 bridgehead atoms. The van der Waals surface area contributed by atoms with E-state index in [1.54, 1.807) is 29.2 Å². The zero-order valence-corrected chi connectivity index (χ0v) is 16.7. The van der Waals surface area contributed by atoms with Gasteiger partial charge in [-0.25, -0.2) is 0 Å². The minimum absolute atomic E-state index is 0.00913. The Morgan fingerprint density at radius 1 is 1.14 bits per heavy atom. The molecular formula is C21H30N2O5.